The molecule has 1 aliphatic carbocycles. The molecule has 1 fully saturated rings. The Balaban J connectivity index is 1.61. The largest absolute Gasteiger partial charge is 0.365 e. The van der Waals surface area contributed by atoms with Crippen molar-refractivity contribution in [2.75, 3.05) is 13.1 Å². The van der Waals surface area contributed by atoms with E-state index in [-0.39, 0.29) is 0 Å². The fourth-order valence-corrected chi connectivity index (χ4v) is 5.36. The van der Waals surface area contributed by atoms with Crippen LogP contribution in [0.2, 0.25) is 5.02 Å². The molecule has 1 aromatic carbocycles. The molecule has 0 radical (unpaired) electrons. The second-order valence-electron chi connectivity index (χ2n) is 8.57. The van der Waals surface area contributed by atoms with Crippen molar-refractivity contribution in [1.82, 2.24) is 15.3 Å². The Morgan fingerprint density at radius 1 is 1.10 bits per heavy atom. The van der Waals surface area contributed by atoms with Crippen LogP contribution < -0.4 is 5.32 Å². The molecule has 1 saturated heterocycles. The maximum Gasteiger partial charge on any atom is 0.0553 e. The molecule has 0 amide bonds. The van der Waals surface area contributed by atoms with Crippen molar-refractivity contribution in [3.8, 4) is 0 Å². The Morgan fingerprint density at radius 3 is 2.77 bits per heavy atom. The van der Waals surface area contributed by atoms with E-state index >= 15 is 0 Å². The highest BCUT2D eigenvalue weighted by Crippen LogP contribution is 2.45. The van der Waals surface area contributed by atoms with Crippen molar-refractivity contribution in [3.05, 3.63) is 87.5 Å². The van der Waals surface area contributed by atoms with Crippen LogP contribution in [0.4, 0.5) is 0 Å². The standard InChI is InChI=1S/C26H28ClN3/c1-17-18(10-14-29-17)4-5-20-15-21-3-2-11-30-26(21)25(19-8-12-28-13-9-19)23-7-6-22(27)16-24(20)23/h2-3,6-7,10-11,14-16,19,25,28-29H,4-5,8-9,12-13H2,1H3. The third-order valence-electron chi connectivity index (χ3n) is 6.78. The fourth-order valence-electron chi connectivity index (χ4n) is 5.19. The number of rotatable bonds is 4. The van der Waals surface area contributed by atoms with Crippen LogP contribution in [0, 0.1) is 12.8 Å². The summed E-state index contributed by atoms with van der Waals surface area (Å²) in [5.74, 6) is 0.915. The minimum Gasteiger partial charge on any atom is -0.365 e. The molecule has 2 aliphatic rings. The zero-order valence-electron chi connectivity index (χ0n) is 17.4. The summed E-state index contributed by atoms with van der Waals surface area (Å²) in [6.45, 7) is 4.31. The Hall–Kier alpha value is -2.36. The van der Waals surface area contributed by atoms with E-state index in [1.807, 2.05) is 12.4 Å². The third-order valence-corrected chi connectivity index (χ3v) is 7.01. The Labute approximate surface area is 183 Å². The van der Waals surface area contributed by atoms with Gasteiger partial charge < -0.3 is 10.3 Å². The number of pyridine rings is 1. The topological polar surface area (TPSA) is 40.7 Å². The van der Waals surface area contributed by atoms with Crippen LogP contribution in [0.25, 0.3) is 11.6 Å². The quantitative estimate of drug-likeness (QED) is 0.547. The van der Waals surface area contributed by atoms with E-state index in [2.05, 4.69) is 59.7 Å². The smallest absolute Gasteiger partial charge is 0.0553 e. The molecule has 2 aromatic heterocycles. The van der Waals surface area contributed by atoms with Gasteiger partial charge in [0, 0.05) is 29.0 Å². The van der Waals surface area contributed by atoms with E-state index in [4.69, 9.17) is 16.6 Å². The van der Waals surface area contributed by atoms with Gasteiger partial charge in [0.2, 0.25) is 0 Å². The van der Waals surface area contributed by atoms with Crippen LogP contribution in [0.3, 0.4) is 0 Å². The van der Waals surface area contributed by atoms with E-state index in [1.54, 1.807) is 0 Å². The minimum absolute atomic E-state index is 0.318. The maximum absolute atomic E-state index is 6.51. The van der Waals surface area contributed by atoms with Gasteiger partial charge in [0.15, 0.2) is 0 Å². The highest BCUT2D eigenvalue weighted by molar-refractivity contribution is 6.30. The summed E-state index contributed by atoms with van der Waals surface area (Å²) >= 11 is 6.51. The van der Waals surface area contributed by atoms with Gasteiger partial charge in [-0.1, -0.05) is 23.7 Å². The molecular weight excluding hydrogens is 390 g/mol. The number of benzene rings is 1. The first-order chi connectivity index (χ1) is 14.7. The van der Waals surface area contributed by atoms with E-state index in [0.717, 1.165) is 31.0 Å². The summed E-state index contributed by atoms with van der Waals surface area (Å²) in [6, 6.07) is 13.0. The Morgan fingerprint density at radius 2 is 1.97 bits per heavy atom. The molecule has 30 heavy (non-hydrogen) atoms. The highest BCUT2D eigenvalue weighted by Gasteiger charge is 2.32. The number of fused-ring (bicyclic) bond motifs is 2. The molecule has 1 unspecified atom stereocenters. The van der Waals surface area contributed by atoms with Crippen LogP contribution in [-0.2, 0) is 6.42 Å². The van der Waals surface area contributed by atoms with E-state index in [9.17, 15) is 0 Å². The molecule has 1 aliphatic heterocycles. The number of aryl methyl sites for hydroxylation is 2. The van der Waals surface area contributed by atoms with E-state index in [0.29, 0.717) is 11.8 Å². The fraction of sp³-hybridized carbons (Fsp3) is 0.346. The Kier molecular flexibility index (Phi) is 5.49. The zero-order chi connectivity index (χ0) is 20.5. The van der Waals surface area contributed by atoms with Gasteiger partial charge in [0.05, 0.1) is 5.69 Å². The summed E-state index contributed by atoms with van der Waals surface area (Å²) < 4.78 is 0. The molecule has 4 heteroatoms. The summed E-state index contributed by atoms with van der Waals surface area (Å²) in [7, 11) is 0. The normalized spacial score (nSPS) is 19.0. The SMILES string of the molecule is Cc1[nH]ccc1CCC1=Cc2cccnc2C(C2CCNCC2)c2ccc(Cl)cc21. The van der Waals surface area contributed by atoms with Gasteiger partial charge in [-0.3, -0.25) is 4.98 Å². The van der Waals surface area contributed by atoms with Crippen molar-refractivity contribution in [3.63, 3.8) is 0 Å². The summed E-state index contributed by atoms with van der Waals surface area (Å²) in [6.07, 6.45) is 10.7. The van der Waals surface area contributed by atoms with Crippen LogP contribution in [0.1, 0.15) is 58.8 Å². The minimum atomic E-state index is 0.318. The first-order valence-electron chi connectivity index (χ1n) is 11.0. The Bertz CT molecular complexity index is 1080. The van der Waals surface area contributed by atoms with Crippen LogP contribution >= 0.6 is 11.6 Å². The van der Waals surface area contributed by atoms with Crippen LogP contribution in [-0.4, -0.2) is 23.1 Å². The number of hydrogen-bond donors (Lipinski definition) is 2. The molecule has 1 atom stereocenters. The summed E-state index contributed by atoms with van der Waals surface area (Å²) in [5, 5.41) is 4.32. The number of allylic oxidation sites excluding steroid dienone is 1. The third kappa shape index (κ3) is 3.73. The molecule has 5 rings (SSSR count). The molecule has 0 bridgehead atoms. The molecule has 0 saturated carbocycles. The average molecular weight is 418 g/mol. The number of H-pyrrole nitrogens is 1. The number of hydrogen-bond acceptors (Lipinski definition) is 2. The van der Waals surface area contributed by atoms with E-state index in [1.165, 1.54) is 52.1 Å². The monoisotopic (exact) mass is 417 g/mol. The van der Waals surface area contributed by atoms with Gasteiger partial charge in [-0.15, -0.1) is 0 Å². The first-order valence-corrected chi connectivity index (χ1v) is 11.4. The lowest BCUT2D eigenvalue weighted by Crippen LogP contribution is -2.32. The van der Waals surface area contributed by atoms with E-state index < -0.39 is 0 Å². The lowest BCUT2D eigenvalue weighted by atomic mass is 9.76. The summed E-state index contributed by atoms with van der Waals surface area (Å²) in [5.41, 5.74) is 9.17. The molecule has 3 nitrogen and oxygen atoms in total. The number of nitrogens with zero attached hydrogens (tertiary/aromatic N) is 1. The number of aromatic nitrogens is 2. The predicted octanol–water partition coefficient (Wildman–Crippen LogP) is 5.99. The van der Waals surface area contributed by atoms with Gasteiger partial charge in [-0.2, -0.15) is 0 Å². The molecule has 3 heterocycles. The number of aromatic amines is 1. The van der Waals surface area contributed by atoms with Gasteiger partial charge in [0.25, 0.3) is 0 Å². The molecule has 3 aromatic rings. The first kappa shape index (κ1) is 19.6. The molecular formula is C26H28ClN3. The molecule has 154 valence electrons. The zero-order valence-corrected chi connectivity index (χ0v) is 18.2. The van der Waals surface area contributed by atoms with Crippen molar-refractivity contribution >= 4 is 23.3 Å². The van der Waals surface area contributed by atoms with Gasteiger partial charge >= 0.3 is 0 Å². The predicted molar refractivity (Wildman–Crippen MR) is 125 cm³/mol. The van der Waals surface area contributed by atoms with Gasteiger partial charge in [0.1, 0.15) is 0 Å². The lowest BCUT2D eigenvalue weighted by molar-refractivity contribution is 0.339. The van der Waals surface area contributed by atoms with Gasteiger partial charge in [-0.25, -0.2) is 0 Å². The van der Waals surface area contributed by atoms with Crippen molar-refractivity contribution in [2.45, 2.75) is 38.5 Å². The number of nitrogens with one attached hydrogen (secondary N) is 2. The highest BCUT2D eigenvalue weighted by atomic mass is 35.5. The van der Waals surface area contributed by atoms with Gasteiger partial charge in [-0.05, 0) is 110 Å². The number of halogens is 1. The van der Waals surface area contributed by atoms with Crippen LogP contribution in [0.5, 0.6) is 0 Å². The van der Waals surface area contributed by atoms with Crippen molar-refractivity contribution in [1.29, 1.82) is 0 Å². The second kappa shape index (κ2) is 8.41. The molecule has 2 N–H and O–H groups in total. The van der Waals surface area contributed by atoms with Crippen molar-refractivity contribution in [2.24, 2.45) is 5.92 Å². The average Bonchev–Trinajstić information content (AvgIpc) is 3.12. The van der Waals surface area contributed by atoms with Crippen LogP contribution in [0.15, 0.2) is 48.8 Å². The molecule has 0 spiro atoms. The van der Waals surface area contributed by atoms with Crippen molar-refractivity contribution < 1.29 is 0 Å². The second-order valence-corrected chi connectivity index (χ2v) is 9.01. The maximum atomic E-state index is 6.51. The number of piperidine rings is 1. The summed E-state index contributed by atoms with van der Waals surface area (Å²) in [4.78, 5) is 8.22. The lowest BCUT2D eigenvalue weighted by Gasteiger charge is -2.32.